The third kappa shape index (κ3) is 4.64. The van der Waals surface area contributed by atoms with Gasteiger partial charge in [0.1, 0.15) is 13.1 Å². The number of aromatic hydroxyl groups is 1. The van der Waals surface area contributed by atoms with E-state index in [1.54, 1.807) is 48.5 Å². The number of ether oxygens (including phenoxy) is 1. The third-order valence-corrected chi connectivity index (χ3v) is 5.15. The number of azo groups is 1. The van der Waals surface area contributed by atoms with Crippen LogP contribution in [0.3, 0.4) is 0 Å². The van der Waals surface area contributed by atoms with Crippen LogP contribution in [0, 0.1) is 3.57 Å². The number of carbonyl (C=O) groups is 3. The van der Waals surface area contributed by atoms with E-state index in [-0.39, 0.29) is 24.7 Å². The minimum Gasteiger partial charge on any atom is -0.493 e. The molecule has 0 aliphatic carbocycles. The second kappa shape index (κ2) is 9.48. The number of carbonyl (C=O) groups excluding carboxylic acids is 3. The Morgan fingerprint density at radius 2 is 1.83 bits per heavy atom. The topological polar surface area (TPSA) is 122 Å². The molecule has 10 heteroatoms. The molecule has 0 fully saturated rings. The SMILES string of the molecule is COC(=O)Cn1c(O)c(N=NC(=O)CNC(=O)c2ccccc2I)c2ccccc21. The van der Waals surface area contributed by atoms with Crippen LogP contribution in [0.2, 0.25) is 0 Å². The van der Waals surface area contributed by atoms with Crippen LogP contribution in [-0.2, 0) is 20.9 Å². The minimum atomic E-state index is -0.696. The van der Waals surface area contributed by atoms with Crippen molar-refractivity contribution in [3.8, 4) is 5.88 Å². The van der Waals surface area contributed by atoms with Crippen LogP contribution in [0.4, 0.5) is 5.69 Å². The molecule has 2 N–H and O–H groups in total. The molecule has 0 unspecified atom stereocenters. The second-order valence-electron chi connectivity index (χ2n) is 6.11. The molecule has 30 heavy (non-hydrogen) atoms. The number of fused-ring (bicyclic) bond motifs is 1. The molecular weight excluding hydrogens is 503 g/mol. The van der Waals surface area contributed by atoms with Gasteiger partial charge in [-0.2, -0.15) is 0 Å². The van der Waals surface area contributed by atoms with Crippen LogP contribution in [0.25, 0.3) is 10.9 Å². The summed E-state index contributed by atoms with van der Waals surface area (Å²) in [4.78, 5) is 35.9. The Kier molecular flexibility index (Phi) is 6.77. The van der Waals surface area contributed by atoms with Gasteiger partial charge < -0.3 is 15.2 Å². The molecular formula is C20H17IN4O5. The first-order valence-electron chi connectivity index (χ1n) is 8.76. The van der Waals surface area contributed by atoms with Crippen molar-refractivity contribution in [1.82, 2.24) is 9.88 Å². The summed E-state index contributed by atoms with van der Waals surface area (Å²) in [6.45, 7) is -0.576. The van der Waals surface area contributed by atoms with E-state index < -0.39 is 17.8 Å². The Hall–Kier alpha value is -3.28. The largest absolute Gasteiger partial charge is 0.493 e. The summed E-state index contributed by atoms with van der Waals surface area (Å²) >= 11 is 2.03. The summed E-state index contributed by atoms with van der Waals surface area (Å²) in [5, 5.41) is 20.9. The number of methoxy groups -OCH3 is 1. The lowest BCUT2D eigenvalue weighted by molar-refractivity contribution is -0.141. The normalized spacial score (nSPS) is 11.0. The lowest BCUT2D eigenvalue weighted by atomic mass is 10.2. The lowest BCUT2D eigenvalue weighted by Crippen LogP contribution is -2.29. The van der Waals surface area contributed by atoms with Gasteiger partial charge in [0, 0.05) is 8.96 Å². The number of nitrogens with one attached hydrogen (secondary N) is 1. The van der Waals surface area contributed by atoms with Crippen LogP contribution in [0.1, 0.15) is 10.4 Å². The Morgan fingerprint density at radius 1 is 1.13 bits per heavy atom. The summed E-state index contributed by atoms with van der Waals surface area (Å²) in [5.74, 6) is -1.97. The predicted molar refractivity (Wildman–Crippen MR) is 117 cm³/mol. The van der Waals surface area contributed by atoms with Gasteiger partial charge in [0.2, 0.25) is 5.88 Å². The number of rotatable bonds is 6. The Balaban J connectivity index is 1.76. The summed E-state index contributed by atoms with van der Waals surface area (Å²) in [6.07, 6.45) is 0. The van der Waals surface area contributed by atoms with Crippen LogP contribution in [0.15, 0.2) is 58.8 Å². The Labute approximate surface area is 184 Å². The summed E-state index contributed by atoms with van der Waals surface area (Å²) in [5.41, 5.74) is 1.03. The van der Waals surface area contributed by atoms with E-state index in [1.165, 1.54) is 11.7 Å². The zero-order chi connectivity index (χ0) is 21.7. The number of amides is 2. The molecule has 0 saturated carbocycles. The average Bonchev–Trinajstić information content (AvgIpc) is 3.01. The highest BCUT2D eigenvalue weighted by Gasteiger charge is 2.19. The van der Waals surface area contributed by atoms with E-state index in [4.69, 9.17) is 0 Å². The number of para-hydroxylation sites is 1. The summed E-state index contributed by atoms with van der Waals surface area (Å²) < 4.78 is 6.72. The molecule has 0 atom stereocenters. The van der Waals surface area contributed by atoms with Gasteiger partial charge in [0.05, 0.1) is 18.2 Å². The Bertz CT molecular complexity index is 1160. The van der Waals surface area contributed by atoms with Crippen molar-refractivity contribution < 1.29 is 24.2 Å². The van der Waals surface area contributed by atoms with Gasteiger partial charge in [0.25, 0.3) is 11.8 Å². The van der Waals surface area contributed by atoms with E-state index in [0.717, 1.165) is 3.57 Å². The number of hydrogen-bond acceptors (Lipinski definition) is 6. The fourth-order valence-corrected chi connectivity index (χ4v) is 3.39. The van der Waals surface area contributed by atoms with Crippen molar-refractivity contribution in [3.05, 3.63) is 57.7 Å². The number of benzene rings is 2. The van der Waals surface area contributed by atoms with Gasteiger partial charge in [-0.1, -0.05) is 30.3 Å². The molecule has 0 aliphatic rings. The zero-order valence-electron chi connectivity index (χ0n) is 15.8. The lowest BCUT2D eigenvalue weighted by Gasteiger charge is -2.04. The molecule has 154 valence electrons. The molecule has 0 aliphatic heterocycles. The molecule has 0 bridgehead atoms. The monoisotopic (exact) mass is 520 g/mol. The second-order valence-corrected chi connectivity index (χ2v) is 7.27. The highest BCUT2D eigenvalue weighted by molar-refractivity contribution is 14.1. The van der Waals surface area contributed by atoms with Crippen LogP contribution < -0.4 is 5.32 Å². The highest BCUT2D eigenvalue weighted by Crippen LogP contribution is 2.38. The molecule has 3 aromatic rings. The first-order valence-corrected chi connectivity index (χ1v) is 9.84. The number of nitrogens with zero attached hydrogens (tertiary/aromatic N) is 3. The van der Waals surface area contributed by atoms with Gasteiger partial charge in [-0.15, -0.1) is 10.2 Å². The van der Waals surface area contributed by atoms with E-state index in [2.05, 4.69) is 20.3 Å². The Morgan fingerprint density at radius 3 is 2.57 bits per heavy atom. The highest BCUT2D eigenvalue weighted by atomic mass is 127. The molecule has 0 radical (unpaired) electrons. The maximum Gasteiger partial charge on any atom is 0.325 e. The third-order valence-electron chi connectivity index (χ3n) is 4.21. The van der Waals surface area contributed by atoms with Crippen LogP contribution >= 0.6 is 22.6 Å². The summed E-state index contributed by atoms with van der Waals surface area (Å²) in [6, 6.07) is 13.8. The zero-order valence-corrected chi connectivity index (χ0v) is 18.0. The van der Waals surface area contributed by atoms with E-state index in [0.29, 0.717) is 16.5 Å². The van der Waals surface area contributed by atoms with Crippen molar-refractivity contribution in [1.29, 1.82) is 0 Å². The number of halogens is 1. The maximum atomic E-state index is 12.2. The van der Waals surface area contributed by atoms with Gasteiger partial charge in [-0.05, 0) is 40.8 Å². The molecule has 2 amide bonds. The minimum absolute atomic E-state index is 0.0480. The van der Waals surface area contributed by atoms with Crippen LogP contribution in [-0.4, -0.2) is 41.1 Å². The summed E-state index contributed by atoms with van der Waals surface area (Å²) in [7, 11) is 1.25. The predicted octanol–water partition coefficient (Wildman–Crippen LogP) is 3.16. The maximum absolute atomic E-state index is 12.2. The van der Waals surface area contributed by atoms with Gasteiger partial charge in [0.15, 0.2) is 5.69 Å². The quantitative estimate of drug-likeness (QED) is 0.294. The van der Waals surface area contributed by atoms with E-state index >= 15 is 0 Å². The number of hydrogen-bond donors (Lipinski definition) is 2. The smallest absolute Gasteiger partial charge is 0.325 e. The fraction of sp³-hybridized carbons (Fsp3) is 0.150. The molecule has 1 aromatic heterocycles. The molecule has 2 aromatic carbocycles. The number of aromatic nitrogens is 1. The molecule has 1 heterocycles. The fourth-order valence-electron chi connectivity index (χ4n) is 2.76. The van der Waals surface area contributed by atoms with E-state index in [9.17, 15) is 19.5 Å². The van der Waals surface area contributed by atoms with Crippen molar-refractivity contribution >= 4 is 57.0 Å². The van der Waals surface area contributed by atoms with Gasteiger partial charge in [-0.3, -0.25) is 19.0 Å². The molecule has 0 saturated heterocycles. The van der Waals surface area contributed by atoms with Crippen molar-refractivity contribution in [3.63, 3.8) is 0 Å². The van der Waals surface area contributed by atoms with Crippen molar-refractivity contribution in [2.75, 3.05) is 13.7 Å². The van der Waals surface area contributed by atoms with Gasteiger partial charge >= 0.3 is 5.97 Å². The first kappa shape index (κ1) is 21.4. The van der Waals surface area contributed by atoms with Crippen molar-refractivity contribution in [2.24, 2.45) is 10.2 Å². The molecule has 9 nitrogen and oxygen atoms in total. The number of esters is 1. The van der Waals surface area contributed by atoms with Crippen LogP contribution in [0.5, 0.6) is 5.88 Å². The van der Waals surface area contributed by atoms with Crippen molar-refractivity contribution in [2.45, 2.75) is 6.54 Å². The van der Waals surface area contributed by atoms with Gasteiger partial charge in [-0.25, -0.2) is 0 Å². The molecule has 0 spiro atoms. The van der Waals surface area contributed by atoms with E-state index in [1.807, 2.05) is 22.6 Å². The average molecular weight is 520 g/mol. The molecule has 3 rings (SSSR count). The standard InChI is InChI=1S/C20H17IN4O5/c1-30-17(27)11-25-15-9-5-3-7-13(15)18(20(25)29)24-23-16(26)10-22-19(28)12-6-2-4-8-14(12)21/h2-9,29H,10-11H2,1H3,(H,22,28). The first-order chi connectivity index (χ1) is 14.4.